The second kappa shape index (κ2) is 4.75. The lowest BCUT2D eigenvalue weighted by atomic mass is 10.0. The maximum Gasteiger partial charge on any atom is 0.119 e. The van der Waals surface area contributed by atoms with Gasteiger partial charge in [-0.1, -0.05) is 18.2 Å². The van der Waals surface area contributed by atoms with Crippen LogP contribution in [0.3, 0.4) is 0 Å². The van der Waals surface area contributed by atoms with Crippen molar-refractivity contribution in [1.82, 2.24) is 0 Å². The minimum atomic E-state index is 0.103. The van der Waals surface area contributed by atoms with E-state index in [9.17, 15) is 10.2 Å². The number of benzene rings is 2. The van der Waals surface area contributed by atoms with Crippen LogP contribution in [0.1, 0.15) is 31.0 Å². The van der Waals surface area contributed by atoms with E-state index in [0.29, 0.717) is 6.04 Å². The van der Waals surface area contributed by atoms with E-state index in [-0.39, 0.29) is 17.5 Å². The van der Waals surface area contributed by atoms with E-state index in [1.165, 1.54) is 17.3 Å². The van der Waals surface area contributed by atoms with Crippen LogP contribution in [0.5, 0.6) is 11.5 Å². The fourth-order valence-corrected chi connectivity index (χ4v) is 3.20. The Balaban J connectivity index is 2.00. The van der Waals surface area contributed by atoms with Gasteiger partial charge in [0.1, 0.15) is 11.5 Å². The van der Waals surface area contributed by atoms with Crippen molar-refractivity contribution in [1.29, 1.82) is 0 Å². The monoisotopic (exact) mass is 269 g/mol. The molecule has 0 saturated carbocycles. The van der Waals surface area contributed by atoms with Gasteiger partial charge in [0.05, 0.1) is 6.04 Å². The maximum atomic E-state index is 9.67. The summed E-state index contributed by atoms with van der Waals surface area (Å²) in [5, 5.41) is 19.3. The molecule has 104 valence electrons. The van der Waals surface area contributed by atoms with Crippen molar-refractivity contribution in [2.24, 2.45) is 0 Å². The summed E-state index contributed by atoms with van der Waals surface area (Å²) in [6, 6.07) is 13.7. The van der Waals surface area contributed by atoms with E-state index in [2.05, 4.69) is 43.0 Å². The average molecular weight is 269 g/mol. The topological polar surface area (TPSA) is 43.7 Å². The molecule has 1 heterocycles. The van der Waals surface area contributed by atoms with Gasteiger partial charge in [-0.3, -0.25) is 0 Å². The smallest absolute Gasteiger partial charge is 0.119 e. The Morgan fingerprint density at radius 3 is 2.45 bits per heavy atom. The van der Waals surface area contributed by atoms with Crippen LogP contribution < -0.4 is 4.90 Å². The van der Waals surface area contributed by atoms with Gasteiger partial charge in [0.2, 0.25) is 0 Å². The molecule has 0 spiro atoms. The van der Waals surface area contributed by atoms with Gasteiger partial charge in [-0.25, -0.2) is 0 Å². The Labute approximate surface area is 119 Å². The van der Waals surface area contributed by atoms with Gasteiger partial charge in [0.15, 0.2) is 0 Å². The van der Waals surface area contributed by atoms with Gasteiger partial charge in [-0.05, 0) is 49.6 Å². The molecule has 3 heteroatoms. The van der Waals surface area contributed by atoms with Crippen molar-refractivity contribution in [3.63, 3.8) is 0 Å². The zero-order chi connectivity index (χ0) is 14.3. The lowest BCUT2D eigenvalue weighted by Gasteiger charge is -2.32. The van der Waals surface area contributed by atoms with Crippen LogP contribution in [0.25, 0.3) is 0 Å². The Hall–Kier alpha value is -2.16. The van der Waals surface area contributed by atoms with E-state index >= 15 is 0 Å². The largest absolute Gasteiger partial charge is 0.508 e. The summed E-state index contributed by atoms with van der Waals surface area (Å²) in [4.78, 5) is 2.35. The van der Waals surface area contributed by atoms with E-state index < -0.39 is 0 Å². The summed E-state index contributed by atoms with van der Waals surface area (Å²) < 4.78 is 0. The first kappa shape index (κ1) is 12.9. The Morgan fingerprint density at radius 1 is 1.10 bits per heavy atom. The van der Waals surface area contributed by atoms with Gasteiger partial charge in [-0.15, -0.1) is 0 Å². The van der Waals surface area contributed by atoms with E-state index in [1.807, 2.05) is 0 Å². The molecule has 2 aromatic rings. The SMILES string of the molecule is CC1Cc2ccccc2N1C(C)c1cc(O)cc(O)c1. The highest BCUT2D eigenvalue weighted by Crippen LogP contribution is 2.39. The average Bonchev–Trinajstić information content (AvgIpc) is 2.72. The molecule has 0 aliphatic carbocycles. The van der Waals surface area contributed by atoms with Gasteiger partial charge in [0.25, 0.3) is 0 Å². The predicted molar refractivity (Wildman–Crippen MR) is 80.3 cm³/mol. The van der Waals surface area contributed by atoms with Crippen molar-refractivity contribution in [2.75, 3.05) is 4.90 Å². The summed E-state index contributed by atoms with van der Waals surface area (Å²) >= 11 is 0. The quantitative estimate of drug-likeness (QED) is 0.875. The molecule has 2 N–H and O–H groups in total. The van der Waals surface area contributed by atoms with Crippen LogP contribution in [-0.2, 0) is 6.42 Å². The zero-order valence-electron chi connectivity index (χ0n) is 11.7. The van der Waals surface area contributed by atoms with Gasteiger partial charge in [-0.2, -0.15) is 0 Å². The lowest BCUT2D eigenvalue weighted by Crippen LogP contribution is -2.32. The number of phenols is 2. The van der Waals surface area contributed by atoms with Crippen LogP contribution in [0, 0.1) is 0 Å². The summed E-state index contributed by atoms with van der Waals surface area (Å²) in [5.74, 6) is 0.207. The number of rotatable bonds is 2. The van der Waals surface area contributed by atoms with Crippen LogP contribution >= 0.6 is 0 Å². The standard InChI is InChI=1S/C17H19NO2/c1-11-7-13-5-3-4-6-17(13)18(11)12(2)14-8-15(19)10-16(20)9-14/h3-6,8-12,19-20H,7H2,1-2H3. The first-order valence-corrected chi connectivity index (χ1v) is 6.95. The summed E-state index contributed by atoms with van der Waals surface area (Å²) in [7, 11) is 0. The molecule has 2 atom stereocenters. The summed E-state index contributed by atoms with van der Waals surface area (Å²) in [5.41, 5.74) is 3.53. The molecule has 0 saturated heterocycles. The second-order valence-corrected chi connectivity index (χ2v) is 5.55. The molecule has 0 bridgehead atoms. The molecule has 0 radical (unpaired) electrons. The summed E-state index contributed by atoms with van der Waals surface area (Å²) in [6.45, 7) is 4.31. The normalized spacial score (nSPS) is 18.9. The van der Waals surface area contributed by atoms with Crippen LogP contribution in [0.2, 0.25) is 0 Å². The number of anilines is 1. The third kappa shape index (κ3) is 2.09. The van der Waals surface area contributed by atoms with Crippen LogP contribution in [0.15, 0.2) is 42.5 Å². The molecular weight excluding hydrogens is 250 g/mol. The van der Waals surface area contributed by atoms with Crippen molar-refractivity contribution < 1.29 is 10.2 Å². The van der Waals surface area contributed by atoms with Crippen molar-refractivity contribution in [2.45, 2.75) is 32.4 Å². The Morgan fingerprint density at radius 2 is 1.75 bits per heavy atom. The molecule has 3 nitrogen and oxygen atoms in total. The number of para-hydroxylation sites is 1. The first-order valence-electron chi connectivity index (χ1n) is 6.95. The van der Waals surface area contributed by atoms with E-state index in [0.717, 1.165) is 12.0 Å². The molecule has 0 aromatic heterocycles. The molecule has 0 fully saturated rings. The zero-order valence-corrected chi connectivity index (χ0v) is 11.7. The van der Waals surface area contributed by atoms with E-state index in [4.69, 9.17) is 0 Å². The van der Waals surface area contributed by atoms with E-state index in [1.54, 1.807) is 12.1 Å². The first-order chi connectivity index (χ1) is 9.56. The number of nitrogens with zero attached hydrogens (tertiary/aromatic N) is 1. The van der Waals surface area contributed by atoms with Gasteiger partial charge < -0.3 is 15.1 Å². The fourth-order valence-electron chi connectivity index (χ4n) is 3.20. The molecular formula is C17H19NO2. The van der Waals surface area contributed by atoms with Crippen molar-refractivity contribution >= 4 is 5.69 Å². The van der Waals surface area contributed by atoms with Gasteiger partial charge >= 0.3 is 0 Å². The third-order valence-corrected chi connectivity index (χ3v) is 4.08. The maximum absolute atomic E-state index is 9.67. The third-order valence-electron chi connectivity index (χ3n) is 4.08. The number of hydrogen-bond donors (Lipinski definition) is 2. The van der Waals surface area contributed by atoms with Crippen LogP contribution in [-0.4, -0.2) is 16.3 Å². The fraction of sp³-hybridized carbons (Fsp3) is 0.294. The Kier molecular flexibility index (Phi) is 3.05. The number of aromatic hydroxyl groups is 2. The molecule has 1 aliphatic heterocycles. The lowest BCUT2D eigenvalue weighted by molar-refractivity contribution is 0.447. The number of hydrogen-bond acceptors (Lipinski definition) is 3. The van der Waals surface area contributed by atoms with Crippen LogP contribution in [0.4, 0.5) is 5.69 Å². The molecule has 20 heavy (non-hydrogen) atoms. The Bertz CT molecular complexity index is 618. The minimum absolute atomic E-state index is 0.103. The highest BCUT2D eigenvalue weighted by Gasteiger charge is 2.30. The van der Waals surface area contributed by atoms with Crippen molar-refractivity contribution in [3.8, 4) is 11.5 Å². The van der Waals surface area contributed by atoms with Crippen molar-refractivity contribution in [3.05, 3.63) is 53.6 Å². The highest BCUT2D eigenvalue weighted by atomic mass is 16.3. The van der Waals surface area contributed by atoms with Gasteiger partial charge in [0, 0.05) is 17.8 Å². The molecule has 0 amide bonds. The molecule has 2 unspecified atom stereocenters. The highest BCUT2D eigenvalue weighted by molar-refractivity contribution is 5.61. The second-order valence-electron chi connectivity index (χ2n) is 5.55. The molecule has 1 aliphatic rings. The molecule has 3 rings (SSSR count). The summed E-state index contributed by atoms with van der Waals surface area (Å²) in [6.07, 6.45) is 1.03. The predicted octanol–water partition coefficient (Wildman–Crippen LogP) is 3.61. The molecule has 2 aromatic carbocycles. The number of phenolic OH excluding ortho intramolecular Hbond substituents is 2. The minimum Gasteiger partial charge on any atom is -0.508 e. The number of fused-ring (bicyclic) bond motifs is 1.